The minimum Gasteiger partial charge on any atom is -0.326 e. The molecule has 0 aliphatic heterocycles. The number of thioether (sulfide) groups is 1. The molecule has 0 radical (unpaired) electrons. The summed E-state index contributed by atoms with van der Waals surface area (Å²) in [6, 6.07) is 9.66. The van der Waals surface area contributed by atoms with Crippen LogP contribution in [0.15, 0.2) is 29.2 Å². The number of amides is 2. The van der Waals surface area contributed by atoms with Crippen molar-refractivity contribution in [1.29, 1.82) is 5.26 Å². The second kappa shape index (κ2) is 8.59. The Balaban J connectivity index is 1.63. The van der Waals surface area contributed by atoms with Gasteiger partial charge in [-0.05, 0) is 48.9 Å². The molecule has 5 nitrogen and oxygen atoms in total. The average molecular weight is 400 g/mol. The second-order valence-electron chi connectivity index (χ2n) is 6.71. The Morgan fingerprint density at radius 1 is 1.37 bits per heavy atom. The van der Waals surface area contributed by atoms with Crippen LogP contribution >= 0.6 is 23.1 Å². The van der Waals surface area contributed by atoms with Crippen molar-refractivity contribution in [1.82, 2.24) is 0 Å². The van der Waals surface area contributed by atoms with Crippen LogP contribution in [0.2, 0.25) is 0 Å². The normalized spacial score (nSPS) is 15.5. The summed E-state index contributed by atoms with van der Waals surface area (Å²) in [5.74, 6) is 0.605. The topological polar surface area (TPSA) is 82.0 Å². The Morgan fingerprint density at radius 2 is 2.19 bits per heavy atom. The third-order valence-corrected chi connectivity index (χ3v) is 6.56. The fourth-order valence-electron chi connectivity index (χ4n) is 3.14. The van der Waals surface area contributed by atoms with Gasteiger partial charge in [-0.25, -0.2) is 0 Å². The van der Waals surface area contributed by atoms with E-state index < -0.39 is 0 Å². The van der Waals surface area contributed by atoms with Crippen molar-refractivity contribution in [2.24, 2.45) is 5.92 Å². The summed E-state index contributed by atoms with van der Waals surface area (Å²) < 4.78 is 0. The lowest BCUT2D eigenvalue weighted by Gasteiger charge is -2.17. The lowest BCUT2D eigenvalue weighted by molar-refractivity contribution is -0.114. The van der Waals surface area contributed by atoms with E-state index in [9.17, 15) is 14.9 Å². The minimum absolute atomic E-state index is 0.130. The summed E-state index contributed by atoms with van der Waals surface area (Å²) >= 11 is 2.93. The van der Waals surface area contributed by atoms with Crippen molar-refractivity contribution in [3.8, 4) is 6.07 Å². The molecule has 1 aromatic heterocycles. The van der Waals surface area contributed by atoms with E-state index in [-0.39, 0.29) is 17.6 Å². The second-order valence-corrected chi connectivity index (χ2v) is 8.87. The van der Waals surface area contributed by atoms with Crippen LogP contribution in [0.5, 0.6) is 0 Å². The predicted molar refractivity (Wildman–Crippen MR) is 110 cm³/mol. The Bertz CT molecular complexity index is 914. The van der Waals surface area contributed by atoms with Gasteiger partial charge in [0, 0.05) is 22.4 Å². The van der Waals surface area contributed by atoms with Gasteiger partial charge in [0.2, 0.25) is 11.8 Å². The Kier molecular flexibility index (Phi) is 6.19. The molecule has 140 valence electrons. The molecule has 0 saturated heterocycles. The number of carbonyl (C=O) groups excluding carboxylic acids is 2. The van der Waals surface area contributed by atoms with Gasteiger partial charge in [-0.1, -0.05) is 13.0 Å². The molecule has 1 aromatic carbocycles. The zero-order chi connectivity index (χ0) is 19.4. The third-order valence-electron chi connectivity index (χ3n) is 4.40. The van der Waals surface area contributed by atoms with Gasteiger partial charge in [0.1, 0.15) is 11.1 Å². The molecule has 2 N–H and O–H groups in total. The first-order chi connectivity index (χ1) is 13.0. The molecule has 7 heteroatoms. The van der Waals surface area contributed by atoms with Crippen LogP contribution < -0.4 is 10.6 Å². The number of nitrogens with one attached hydrogen (secondary N) is 2. The average Bonchev–Trinajstić information content (AvgIpc) is 2.95. The van der Waals surface area contributed by atoms with E-state index in [2.05, 4.69) is 23.6 Å². The maximum atomic E-state index is 12.4. The number of nitrogens with zero attached hydrogens (tertiary/aromatic N) is 1. The first-order valence-electron chi connectivity index (χ1n) is 8.81. The number of hydrogen-bond acceptors (Lipinski definition) is 5. The van der Waals surface area contributed by atoms with Crippen LogP contribution in [0.3, 0.4) is 0 Å². The van der Waals surface area contributed by atoms with E-state index >= 15 is 0 Å². The zero-order valence-corrected chi connectivity index (χ0v) is 16.9. The number of nitriles is 1. The monoisotopic (exact) mass is 399 g/mol. The zero-order valence-electron chi connectivity index (χ0n) is 15.3. The molecular weight excluding hydrogens is 378 g/mol. The van der Waals surface area contributed by atoms with Crippen molar-refractivity contribution in [2.45, 2.75) is 38.0 Å². The summed E-state index contributed by atoms with van der Waals surface area (Å²) in [4.78, 5) is 25.7. The summed E-state index contributed by atoms with van der Waals surface area (Å²) in [7, 11) is 0. The largest absolute Gasteiger partial charge is 0.326 e. The smallest absolute Gasteiger partial charge is 0.235 e. The molecule has 0 fully saturated rings. The van der Waals surface area contributed by atoms with Gasteiger partial charge >= 0.3 is 0 Å². The third kappa shape index (κ3) is 4.90. The number of benzene rings is 1. The van der Waals surface area contributed by atoms with Gasteiger partial charge in [-0.3, -0.25) is 9.59 Å². The van der Waals surface area contributed by atoms with Gasteiger partial charge in [0.05, 0.1) is 11.3 Å². The highest BCUT2D eigenvalue weighted by Crippen LogP contribution is 2.39. The number of thiophene rings is 1. The maximum Gasteiger partial charge on any atom is 0.235 e. The van der Waals surface area contributed by atoms with E-state index in [1.54, 1.807) is 0 Å². The van der Waals surface area contributed by atoms with Crippen LogP contribution in [-0.2, 0) is 22.4 Å². The predicted octanol–water partition coefficient (Wildman–Crippen LogP) is 4.43. The Hall–Kier alpha value is -2.30. The van der Waals surface area contributed by atoms with Crippen LogP contribution in [0.1, 0.15) is 36.3 Å². The highest BCUT2D eigenvalue weighted by atomic mass is 32.2. The summed E-state index contributed by atoms with van der Waals surface area (Å²) in [6.07, 6.45) is 2.98. The highest BCUT2D eigenvalue weighted by Gasteiger charge is 2.24. The number of carbonyl (C=O) groups is 2. The van der Waals surface area contributed by atoms with Gasteiger partial charge in [-0.2, -0.15) is 5.26 Å². The Labute approximate surface area is 167 Å². The van der Waals surface area contributed by atoms with E-state index in [4.69, 9.17) is 0 Å². The van der Waals surface area contributed by atoms with E-state index in [0.717, 1.165) is 29.7 Å². The van der Waals surface area contributed by atoms with Crippen molar-refractivity contribution in [2.75, 3.05) is 16.4 Å². The maximum absolute atomic E-state index is 12.4. The summed E-state index contributed by atoms with van der Waals surface area (Å²) in [5.41, 5.74) is 2.46. The summed E-state index contributed by atoms with van der Waals surface area (Å²) in [6.45, 7) is 3.68. The lowest BCUT2D eigenvalue weighted by atomic mass is 9.89. The number of rotatable bonds is 5. The van der Waals surface area contributed by atoms with Crippen LogP contribution in [-0.4, -0.2) is 17.6 Å². The molecule has 1 atom stereocenters. The quantitative estimate of drug-likeness (QED) is 0.729. The number of hydrogen-bond donors (Lipinski definition) is 2. The molecule has 0 saturated carbocycles. The van der Waals surface area contributed by atoms with Crippen LogP contribution in [0.25, 0.3) is 0 Å². The SMILES string of the molecule is CC(=O)Nc1cccc(SCC(=O)Nc2sc3c(c2C#N)CCC(C)C3)c1. The molecule has 0 spiro atoms. The van der Waals surface area contributed by atoms with Crippen molar-refractivity contribution in [3.05, 3.63) is 40.3 Å². The molecule has 3 rings (SSSR count). The van der Waals surface area contributed by atoms with E-state index in [0.29, 0.717) is 22.2 Å². The minimum atomic E-state index is -0.131. The number of fused-ring (bicyclic) bond motifs is 1. The molecular formula is C20H21N3O2S2. The lowest BCUT2D eigenvalue weighted by Crippen LogP contribution is -2.14. The standard InChI is InChI=1S/C20H21N3O2S2/c1-12-6-7-16-17(10-21)20(27-18(16)8-12)23-19(25)11-26-15-5-3-4-14(9-15)22-13(2)24/h3-5,9,12H,6-8,11H2,1-2H3,(H,22,24)(H,23,25). The fourth-order valence-corrected chi connectivity index (χ4v) is 5.27. The van der Waals surface area contributed by atoms with Crippen LogP contribution in [0, 0.1) is 17.2 Å². The fraction of sp³-hybridized carbons (Fsp3) is 0.350. The molecule has 1 unspecified atom stereocenters. The first kappa shape index (κ1) is 19.5. The van der Waals surface area contributed by atoms with E-state index in [1.807, 2.05) is 24.3 Å². The molecule has 1 heterocycles. The van der Waals surface area contributed by atoms with E-state index in [1.165, 1.54) is 34.9 Å². The van der Waals surface area contributed by atoms with Gasteiger partial charge in [-0.15, -0.1) is 23.1 Å². The molecule has 27 heavy (non-hydrogen) atoms. The van der Waals surface area contributed by atoms with Crippen molar-refractivity contribution >= 4 is 45.6 Å². The molecule has 2 amide bonds. The molecule has 2 aromatic rings. The Morgan fingerprint density at radius 3 is 2.93 bits per heavy atom. The highest BCUT2D eigenvalue weighted by molar-refractivity contribution is 8.00. The van der Waals surface area contributed by atoms with Crippen molar-refractivity contribution in [3.63, 3.8) is 0 Å². The van der Waals surface area contributed by atoms with Crippen LogP contribution in [0.4, 0.5) is 10.7 Å². The van der Waals surface area contributed by atoms with Gasteiger partial charge in [0.15, 0.2) is 0 Å². The molecule has 1 aliphatic carbocycles. The van der Waals surface area contributed by atoms with Gasteiger partial charge in [0.25, 0.3) is 0 Å². The summed E-state index contributed by atoms with van der Waals surface area (Å²) in [5, 5.41) is 15.8. The molecule has 1 aliphatic rings. The van der Waals surface area contributed by atoms with Crippen molar-refractivity contribution < 1.29 is 9.59 Å². The molecule has 0 bridgehead atoms. The van der Waals surface area contributed by atoms with Gasteiger partial charge < -0.3 is 10.6 Å². The number of anilines is 2. The first-order valence-corrected chi connectivity index (χ1v) is 10.6.